The first-order valence-corrected chi connectivity index (χ1v) is 4.86. The first kappa shape index (κ1) is 14.4. The zero-order valence-corrected chi connectivity index (χ0v) is 11.5. The molecule has 0 N–H and O–H groups in total. The van der Waals surface area contributed by atoms with E-state index >= 15 is 0 Å². The molecular formula is C13H17NRu. The second-order valence-electron chi connectivity index (χ2n) is 3.51. The third-order valence-electron chi connectivity index (χ3n) is 2.53. The van der Waals surface area contributed by atoms with Crippen molar-refractivity contribution < 1.29 is 19.5 Å². The minimum atomic E-state index is 0. The molecule has 0 radical (unpaired) electrons. The predicted octanol–water partition coefficient (Wildman–Crippen LogP) is 3.05. The van der Waals surface area contributed by atoms with Gasteiger partial charge in [-0.1, -0.05) is 20.8 Å². The van der Waals surface area contributed by atoms with E-state index in [4.69, 9.17) is 0 Å². The maximum atomic E-state index is 3.19. The summed E-state index contributed by atoms with van der Waals surface area (Å²) in [5.74, 6) is 0. The fraction of sp³-hybridized carbons (Fsp3) is 0.385. The molecule has 15 heavy (non-hydrogen) atoms. The molecular weight excluding hydrogens is 271 g/mol. The van der Waals surface area contributed by atoms with Gasteiger partial charge in [0.05, 0.1) is 0 Å². The second-order valence-corrected chi connectivity index (χ2v) is 3.51. The topological polar surface area (TPSA) is 4.93 Å². The van der Waals surface area contributed by atoms with Crippen LogP contribution in [0.3, 0.4) is 0 Å². The fourth-order valence-electron chi connectivity index (χ4n) is 1.28. The summed E-state index contributed by atoms with van der Waals surface area (Å²) < 4.78 is 2.03. The van der Waals surface area contributed by atoms with E-state index in [0.29, 0.717) is 0 Å². The van der Waals surface area contributed by atoms with Gasteiger partial charge in [0.2, 0.25) is 0 Å². The van der Waals surface area contributed by atoms with Crippen molar-refractivity contribution in [2.45, 2.75) is 27.2 Å². The Morgan fingerprint density at radius 3 is 2.07 bits per heavy atom. The number of nitrogens with zero attached hydrogens (tertiary/aromatic N) is 1. The van der Waals surface area contributed by atoms with Gasteiger partial charge in [0, 0.05) is 0 Å². The molecule has 1 aliphatic rings. The third kappa shape index (κ3) is 4.17. The average Bonchev–Trinajstić information content (AvgIpc) is 2.78. The first-order chi connectivity index (χ1) is 6.63. The van der Waals surface area contributed by atoms with Crippen molar-refractivity contribution in [1.29, 1.82) is 0 Å². The number of aryl methyl sites for hydroxylation is 2. The van der Waals surface area contributed by atoms with Crippen LogP contribution in [-0.2, 0) is 26.5 Å². The Morgan fingerprint density at radius 2 is 1.93 bits per heavy atom. The van der Waals surface area contributed by atoms with Crippen LogP contribution in [0.4, 0.5) is 0 Å². The molecule has 2 heteroatoms. The fourth-order valence-corrected chi connectivity index (χ4v) is 1.28. The molecule has 0 unspecified atom stereocenters. The second kappa shape index (κ2) is 6.79. The van der Waals surface area contributed by atoms with Crippen molar-refractivity contribution in [3.8, 4) is 0 Å². The van der Waals surface area contributed by atoms with E-state index in [2.05, 4.69) is 39.1 Å². The quantitative estimate of drug-likeness (QED) is 0.511. The Bertz CT molecular complexity index is 326. The van der Waals surface area contributed by atoms with Gasteiger partial charge in [-0.2, -0.15) is 17.2 Å². The Morgan fingerprint density at radius 1 is 1.27 bits per heavy atom. The van der Waals surface area contributed by atoms with Crippen LogP contribution in [0.25, 0.3) is 0 Å². The number of allylic oxidation sites excluding steroid dienone is 4. The normalized spacial score (nSPS) is 12.0. The molecule has 1 aliphatic carbocycles. The number of rotatable bonds is 0. The summed E-state index contributed by atoms with van der Waals surface area (Å²) in [6, 6.07) is 0. The van der Waals surface area contributed by atoms with Gasteiger partial charge in [-0.3, -0.25) is 6.08 Å². The van der Waals surface area contributed by atoms with Crippen molar-refractivity contribution in [2.24, 2.45) is 7.05 Å². The van der Waals surface area contributed by atoms with Crippen molar-refractivity contribution in [3.63, 3.8) is 0 Å². The molecule has 0 bridgehead atoms. The molecule has 0 spiro atoms. The Kier molecular flexibility index (Phi) is 6.51. The van der Waals surface area contributed by atoms with E-state index in [9.17, 15) is 0 Å². The maximum absolute atomic E-state index is 3.19. The SMILES string of the molecule is Cc1[c-]n(C)c(C)c1C.[C-]1=CC=CC1.[Ru+2]. The largest absolute Gasteiger partial charge is 2.00 e. The molecule has 0 aliphatic heterocycles. The van der Waals surface area contributed by atoms with Crippen LogP contribution in [-0.4, -0.2) is 4.57 Å². The van der Waals surface area contributed by atoms with E-state index in [0.717, 1.165) is 6.42 Å². The van der Waals surface area contributed by atoms with Crippen LogP contribution in [0.1, 0.15) is 23.2 Å². The van der Waals surface area contributed by atoms with E-state index in [-0.39, 0.29) is 19.5 Å². The van der Waals surface area contributed by atoms with Crippen LogP contribution < -0.4 is 0 Å². The molecule has 0 aromatic carbocycles. The molecule has 1 aromatic rings. The van der Waals surface area contributed by atoms with Gasteiger partial charge in [-0.15, -0.1) is 18.3 Å². The molecule has 0 atom stereocenters. The first-order valence-electron chi connectivity index (χ1n) is 4.86. The van der Waals surface area contributed by atoms with Crippen molar-refractivity contribution in [2.75, 3.05) is 0 Å². The minimum absolute atomic E-state index is 0. The van der Waals surface area contributed by atoms with E-state index in [1.165, 1.54) is 16.8 Å². The van der Waals surface area contributed by atoms with E-state index < -0.39 is 0 Å². The van der Waals surface area contributed by atoms with E-state index in [1.807, 2.05) is 23.8 Å². The van der Waals surface area contributed by atoms with Crippen LogP contribution in [0.5, 0.6) is 0 Å². The molecule has 0 amide bonds. The van der Waals surface area contributed by atoms with Gasteiger partial charge in [-0.05, 0) is 7.05 Å². The molecule has 0 fully saturated rings. The van der Waals surface area contributed by atoms with Crippen molar-refractivity contribution >= 4 is 0 Å². The summed E-state index contributed by atoms with van der Waals surface area (Å²) in [7, 11) is 2.02. The smallest absolute Gasteiger partial charge is 0.470 e. The standard InChI is InChI=1S/C8H12N.C5H5.Ru/c1-6-5-9(4)8(3)7(6)2;1-2-4-5-3-1;/h1-4H3;1-3H,4H2;/q2*-1;+2. The molecule has 0 saturated heterocycles. The zero-order valence-electron chi connectivity index (χ0n) is 9.74. The minimum Gasteiger partial charge on any atom is -0.470 e. The summed E-state index contributed by atoms with van der Waals surface area (Å²) >= 11 is 0. The summed E-state index contributed by atoms with van der Waals surface area (Å²) in [6.07, 6.45) is 13.2. The Labute approximate surface area is 106 Å². The molecule has 2 rings (SSSR count). The Hall–Kier alpha value is -0.617. The molecule has 0 saturated carbocycles. The molecule has 1 heterocycles. The van der Waals surface area contributed by atoms with Gasteiger partial charge in [0.25, 0.3) is 0 Å². The zero-order chi connectivity index (χ0) is 10.6. The predicted molar refractivity (Wildman–Crippen MR) is 60.0 cm³/mol. The van der Waals surface area contributed by atoms with Crippen molar-refractivity contribution in [1.82, 2.24) is 4.57 Å². The summed E-state index contributed by atoms with van der Waals surface area (Å²) in [5.41, 5.74) is 3.93. The number of aromatic nitrogens is 1. The Balaban J connectivity index is 0.000000280. The van der Waals surface area contributed by atoms with Gasteiger partial charge in [0.15, 0.2) is 0 Å². The molecule has 1 aromatic heterocycles. The molecule has 82 valence electrons. The summed E-state index contributed by atoms with van der Waals surface area (Å²) in [6.45, 7) is 6.32. The van der Waals surface area contributed by atoms with Crippen LogP contribution in [0.15, 0.2) is 18.2 Å². The molecule has 1 nitrogen and oxygen atoms in total. The van der Waals surface area contributed by atoms with E-state index in [1.54, 1.807) is 0 Å². The number of hydrogen-bond acceptors (Lipinski definition) is 0. The third-order valence-corrected chi connectivity index (χ3v) is 2.53. The summed E-state index contributed by atoms with van der Waals surface area (Å²) in [5, 5.41) is 0. The van der Waals surface area contributed by atoms with Crippen LogP contribution in [0, 0.1) is 33.0 Å². The van der Waals surface area contributed by atoms with Gasteiger partial charge < -0.3 is 4.57 Å². The monoisotopic (exact) mass is 289 g/mol. The number of hydrogen-bond donors (Lipinski definition) is 0. The van der Waals surface area contributed by atoms with Crippen LogP contribution >= 0.6 is 0 Å². The van der Waals surface area contributed by atoms with Crippen LogP contribution in [0.2, 0.25) is 0 Å². The average molecular weight is 288 g/mol. The van der Waals surface area contributed by atoms with Crippen molar-refractivity contribution in [3.05, 3.63) is 47.3 Å². The maximum Gasteiger partial charge on any atom is 2.00 e. The van der Waals surface area contributed by atoms with Gasteiger partial charge >= 0.3 is 19.5 Å². The van der Waals surface area contributed by atoms with Gasteiger partial charge in [-0.25, -0.2) is 12.2 Å². The summed E-state index contributed by atoms with van der Waals surface area (Å²) in [4.78, 5) is 0. The van der Waals surface area contributed by atoms with Gasteiger partial charge in [0.1, 0.15) is 0 Å².